The molecule has 0 aliphatic heterocycles. The van der Waals surface area contributed by atoms with E-state index in [4.69, 9.17) is 0 Å². The number of carbonyl (C=O) groups excluding carboxylic acids is 3. The Hall–Kier alpha value is -4.05. The van der Waals surface area contributed by atoms with E-state index in [1.807, 2.05) is 42.5 Å². The second-order valence-electron chi connectivity index (χ2n) is 6.95. The van der Waals surface area contributed by atoms with Gasteiger partial charge in [0.1, 0.15) is 0 Å². The summed E-state index contributed by atoms with van der Waals surface area (Å²) in [5, 5.41) is 4.87. The molecule has 0 bridgehead atoms. The molecule has 0 spiro atoms. The molecule has 4 heteroatoms. The summed E-state index contributed by atoms with van der Waals surface area (Å²) in [6, 6.07) is 24.9. The second kappa shape index (κ2) is 6.53. The normalized spacial score (nSPS) is 12.4. The van der Waals surface area contributed by atoms with Crippen molar-refractivity contribution in [3.63, 3.8) is 0 Å². The van der Waals surface area contributed by atoms with Crippen molar-refractivity contribution in [1.82, 2.24) is 0 Å². The van der Waals surface area contributed by atoms with Crippen molar-refractivity contribution in [2.75, 3.05) is 5.32 Å². The quantitative estimate of drug-likeness (QED) is 0.477. The zero-order valence-corrected chi connectivity index (χ0v) is 15.3. The van der Waals surface area contributed by atoms with E-state index < -0.39 is 0 Å². The van der Waals surface area contributed by atoms with Gasteiger partial charge in [0.05, 0.1) is 0 Å². The molecule has 1 amide bonds. The van der Waals surface area contributed by atoms with E-state index >= 15 is 0 Å². The maximum Gasteiger partial charge on any atom is 0.255 e. The molecule has 0 saturated heterocycles. The molecular formula is C25H15NO3. The summed E-state index contributed by atoms with van der Waals surface area (Å²) >= 11 is 0. The molecule has 1 aliphatic rings. The van der Waals surface area contributed by atoms with Crippen molar-refractivity contribution < 1.29 is 14.4 Å². The predicted molar refractivity (Wildman–Crippen MR) is 112 cm³/mol. The number of amides is 1. The molecule has 4 aromatic rings. The van der Waals surface area contributed by atoms with Crippen LogP contribution < -0.4 is 5.32 Å². The van der Waals surface area contributed by atoms with E-state index in [1.54, 1.807) is 36.4 Å². The van der Waals surface area contributed by atoms with Crippen LogP contribution in [-0.2, 0) is 0 Å². The van der Waals surface area contributed by atoms with Crippen LogP contribution in [0.1, 0.15) is 42.2 Å². The van der Waals surface area contributed by atoms with E-state index in [2.05, 4.69) is 5.32 Å². The number of rotatable bonds is 2. The minimum Gasteiger partial charge on any atom is -0.321 e. The average molecular weight is 377 g/mol. The summed E-state index contributed by atoms with van der Waals surface area (Å²) in [5.74, 6) is -0.769. The third-order valence-electron chi connectivity index (χ3n) is 5.23. The minimum absolute atomic E-state index is 0.198. The largest absolute Gasteiger partial charge is 0.321 e. The van der Waals surface area contributed by atoms with Gasteiger partial charge >= 0.3 is 0 Å². The summed E-state index contributed by atoms with van der Waals surface area (Å²) in [7, 11) is 0. The molecule has 0 unspecified atom stereocenters. The number of nitrogens with one attached hydrogen (secondary N) is 1. The summed E-state index contributed by atoms with van der Waals surface area (Å²) in [6.07, 6.45) is 0. The summed E-state index contributed by atoms with van der Waals surface area (Å²) in [4.78, 5) is 38.5. The van der Waals surface area contributed by atoms with Gasteiger partial charge < -0.3 is 5.32 Å². The Labute approximate surface area is 166 Å². The predicted octanol–water partition coefficient (Wildman–Crippen LogP) is 4.87. The van der Waals surface area contributed by atoms with Gasteiger partial charge in [-0.1, -0.05) is 60.7 Å². The second-order valence-corrected chi connectivity index (χ2v) is 6.95. The summed E-state index contributed by atoms with van der Waals surface area (Å²) in [5.41, 5.74) is 2.39. The van der Waals surface area contributed by atoms with Crippen molar-refractivity contribution in [2.45, 2.75) is 0 Å². The number of benzene rings is 4. The van der Waals surface area contributed by atoms with Gasteiger partial charge in [0.25, 0.3) is 5.91 Å². The molecule has 138 valence electrons. The minimum atomic E-state index is -0.330. The monoisotopic (exact) mass is 377 g/mol. The first-order valence-electron chi connectivity index (χ1n) is 9.25. The molecule has 1 N–H and O–H groups in total. The van der Waals surface area contributed by atoms with Gasteiger partial charge in [-0.3, -0.25) is 14.4 Å². The van der Waals surface area contributed by atoms with Crippen molar-refractivity contribution in [2.24, 2.45) is 0 Å². The fraction of sp³-hybridized carbons (Fsp3) is 0. The molecule has 1 aliphatic carbocycles. The van der Waals surface area contributed by atoms with Crippen LogP contribution in [0, 0.1) is 0 Å². The Morgan fingerprint density at radius 3 is 2.03 bits per heavy atom. The molecule has 4 aromatic carbocycles. The molecule has 0 saturated carbocycles. The zero-order valence-electron chi connectivity index (χ0n) is 15.3. The van der Waals surface area contributed by atoms with Gasteiger partial charge in [0.15, 0.2) is 11.6 Å². The molecule has 0 fully saturated rings. The van der Waals surface area contributed by atoms with Crippen LogP contribution in [0.15, 0.2) is 84.9 Å². The zero-order chi connectivity index (χ0) is 20.0. The summed E-state index contributed by atoms with van der Waals surface area (Å²) in [6.45, 7) is 0. The molecular weight excluding hydrogens is 362 g/mol. The van der Waals surface area contributed by atoms with E-state index in [0.717, 1.165) is 10.8 Å². The SMILES string of the molecule is O=C(Nc1cccc2ccccc12)c1ccc2c(c1)C(=O)c1ccccc1C2=O. The van der Waals surface area contributed by atoms with E-state index in [0.29, 0.717) is 27.9 Å². The highest BCUT2D eigenvalue weighted by molar-refractivity contribution is 6.29. The van der Waals surface area contributed by atoms with Gasteiger partial charge in [0, 0.05) is 38.9 Å². The fourth-order valence-electron chi connectivity index (χ4n) is 3.77. The maximum atomic E-state index is 12.9. The molecule has 0 aromatic heterocycles. The van der Waals surface area contributed by atoms with Crippen LogP contribution in [0.3, 0.4) is 0 Å². The number of ketones is 2. The molecule has 5 rings (SSSR count). The van der Waals surface area contributed by atoms with Gasteiger partial charge in [0.2, 0.25) is 0 Å². The lowest BCUT2D eigenvalue weighted by molar-refractivity contribution is 0.0978. The van der Waals surface area contributed by atoms with Gasteiger partial charge in [-0.05, 0) is 29.7 Å². The Bertz CT molecular complexity index is 1330. The van der Waals surface area contributed by atoms with Crippen LogP contribution in [0.25, 0.3) is 10.8 Å². The highest BCUT2D eigenvalue weighted by Crippen LogP contribution is 2.29. The van der Waals surface area contributed by atoms with Crippen molar-refractivity contribution in [3.8, 4) is 0 Å². The molecule has 4 nitrogen and oxygen atoms in total. The van der Waals surface area contributed by atoms with E-state index in [9.17, 15) is 14.4 Å². The maximum absolute atomic E-state index is 12.9. The van der Waals surface area contributed by atoms with Crippen molar-refractivity contribution in [1.29, 1.82) is 0 Å². The number of fused-ring (bicyclic) bond motifs is 3. The molecule has 0 atom stereocenters. The van der Waals surface area contributed by atoms with Crippen LogP contribution >= 0.6 is 0 Å². The van der Waals surface area contributed by atoms with Crippen molar-refractivity contribution in [3.05, 3.63) is 113 Å². The van der Waals surface area contributed by atoms with Crippen LogP contribution in [0.2, 0.25) is 0 Å². The number of hydrogen-bond donors (Lipinski definition) is 1. The Kier molecular flexibility index (Phi) is 3.85. The first kappa shape index (κ1) is 17.1. The van der Waals surface area contributed by atoms with Gasteiger partial charge in [-0.2, -0.15) is 0 Å². The Morgan fingerprint density at radius 2 is 1.24 bits per heavy atom. The van der Waals surface area contributed by atoms with Gasteiger partial charge in [-0.25, -0.2) is 0 Å². The Balaban J connectivity index is 1.52. The molecule has 29 heavy (non-hydrogen) atoms. The highest BCUT2D eigenvalue weighted by atomic mass is 16.2. The number of anilines is 1. The third-order valence-corrected chi connectivity index (χ3v) is 5.23. The van der Waals surface area contributed by atoms with Crippen molar-refractivity contribution >= 4 is 33.9 Å². The van der Waals surface area contributed by atoms with Gasteiger partial charge in [-0.15, -0.1) is 0 Å². The van der Waals surface area contributed by atoms with Crippen LogP contribution in [0.5, 0.6) is 0 Å². The standard InChI is InChI=1S/C25H15NO3/c27-23-18-9-3-4-10-19(18)24(28)21-14-16(12-13-20(21)23)25(29)26-22-11-5-7-15-6-1-2-8-17(15)22/h1-14H,(H,26,29). The van der Waals surface area contributed by atoms with Crippen LogP contribution in [-0.4, -0.2) is 17.5 Å². The number of hydrogen-bond acceptors (Lipinski definition) is 3. The lowest BCUT2D eigenvalue weighted by atomic mass is 9.83. The smallest absolute Gasteiger partial charge is 0.255 e. The van der Waals surface area contributed by atoms with E-state index in [1.165, 1.54) is 6.07 Å². The fourth-order valence-corrected chi connectivity index (χ4v) is 3.77. The average Bonchev–Trinajstić information content (AvgIpc) is 2.77. The third kappa shape index (κ3) is 2.74. The van der Waals surface area contributed by atoms with Crippen LogP contribution in [0.4, 0.5) is 5.69 Å². The van der Waals surface area contributed by atoms with E-state index in [-0.39, 0.29) is 23.0 Å². The summed E-state index contributed by atoms with van der Waals surface area (Å²) < 4.78 is 0. The Morgan fingerprint density at radius 1 is 0.621 bits per heavy atom. The topological polar surface area (TPSA) is 63.2 Å². The highest BCUT2D eigenvalue weighted by Gasteiger charge is 2.29. The first-order chi connectivity index (χ1) is 14.1. The lowest BCUT2D eigenvalue weighted by Crippen LogP contribution is -2.22. The molecule has 0 heterocycles. The first-order valence-corrected chi connectivity index (χ1v) is 9.25. The lowest BCUT2D eigenvalue weighted by Gasteiger charge is -2.18. The number of carbonyl (C=O) groups is 3. The molecule has 0 radical (unpaired) electrons.